The number of hydrogen-bond donors (Lipinski definition) is 0. The summed E-state index contributed by atoms with van der Waals surface area (Å²) in [6.07, 6.45) is 0. The lowest BCUT2D eigenvalue weighted by molar-refractivity contribution is 1.61. The van der Waals surface area contributed by atoms with Crippen LogP contribution in [0.3, 0.4) is 0 Å². The van der Waals surface area contributed by atoms with E-state index < -0.39 is 269 Å². The van der Waals surface area contributed by atoms with E-state index in [1.54, 1.807) is 0 Å². The molecule has 0 N–H and O–H groups in total. The van der Waals surface area contributed by atoms with E-state index in [1.807, 2.05) is 0 Å². The van der Waals surface area contributed by atoms with Crippen LogP contribution < -0.4 is 0 Å². The molecule has 0 atom stereocenters. The molecule has 0 aliphatic rings. The molecule has 0 bridgehead atoms. The lowest BCUT2D eigenvalue weighted by atomic mass is 9.84. The largest absolute Gasteiger partial charge is 0.0636 e. The molecule has 0 aliphatic heterocycles. The highest BCUT2D eigenvalue weighted by Gasteiger charge is 2.18. The van der Waals surface area contributed by atoms with Gasteiger partial charge in [0.05, 0.1) is 41.1 Å². The van der Waals surface area contributed by atoms with Crippen molar-refractivity contribution in [2.45, 2.75) is 0 Å². The summed E-state index contributed by atoms with van der Waals surface area (Å²) >= 11 is 0. The van der Waals surface area contributed by atoms with E-state index in [0.717, 1.165) is 0 Å². The predicted molar refractivity (Wildman–Crippen MR) is 198 cm³/mol. The Balaban J connectivity index is 1.65. The summed E-state index contributed by atoms with van der Waals surface area (Å²) in [7, 11) is 0. The van der Waals surface area contributed by atoms with Crippen molar-refractivity contribution in [1.29, 1.82) is 0 Å². The molecule has 0 saturated carbocycles. The van der Waals surface area contributed by atoms with Crippen LogP contribution in [-0.4, -0.2) is 0 Å². The van der Waals surface area contributed by atoms with Gasteiger partial charge in [0, 0.05) is 0 Å². The summed E-state index contributed by atoms with van der Waals surface area (Å²) < 4.78 is 270. The van der Waals surface area contributed by atoms with Crippen molar-refractivity contribution < 1.29 is 41.1 Å². The molecule has 9 aromatic rings. The van der Waals surface area contributed by atoms with Gasteiger partial charge in [0.25, 0.3) is 0 Å². The summed E-state index contributed by atoms with van der Waals surface area (Å²) in [6.45, 7) is 0. The quantitative estimate of drug-likeness (QED) is 0.173. The van der Waals surface area contributed by atoms with E-state index in [-0.39, 0.29) is 0 Å². The summed E-state index contributed by atoms with van der Waals surface area (Å²) in [5, 5.41) is -6.10. The zero-order valence-corrected chi connectivity index (χ0v) is 23.0. The van der Waals surface area contributed by atoms with Gasteiger partial charge in [0.1, 0.15) is 0 Å². The van der Waals surface area contributed by atoms with Gasteiger partial charge in [-0.2, -0.15) is 0 Å². The maximum absolute atomic E-state index is 10.1. The summed E-state index contributed by atoms with van der Waals surface area (Å²) in [4.78, 5) is 0. The molecule has 0 spiro atoms. The zero-order chi connectivity index (χ0) is 56.6. The Labute approximate surface area is 311 Å². The maximum Gasteiger partial charge on any atom is 0.0636 e. The lowest BCUT2D eigenvalue weighted by Gasteiger charge is -2.19. The molecule has 0 radical (unpaired) electrons. The van der Waals surface area contributed by atoms with Crippen LogP contribution in [-0.2, 0) is 0 Å². The number of fused-ring (bicyclic) bond motifs is 4. The van der Waals surface area contributed by atoms with Gasteiger partial charge >= 0.3 is 0 Å². The van der Waals surface area contributed by atoms with Crippen LogP contribution in [0, 0.1) is 0 Å². The van der Waals surface area contributed by atoms with E-state index in [2.05, 4.69) is 0 Å². The van der Waals surface area contributed by atoms with Crippen LogP contribution >= 0.6 is 0 Å². The third-order valence-corrected chi connectivity index (χ3v) is 7.12. The van der Waals surface area contributed by atoms with E-state index in [1.165, 1.54) is 0 Å². The zero-order valence-electron chi connectivity index (χ0n) is 53.0. The predicted octanol–water partition coefficient (Wildman–Crippen LogP) is 13.0. The van der Waals surface area contributed by atoms with Gasteiger partial charge in [-0.15, -0.1) is 0 Å². The highest BCUT2D eigenvalue weighted by atomic mass is 14.2. The van der Waals surface area contributed by atoms with E-state index >= 15 is 0 Å². The minimum atomic E-state index is -1.16. The normalized spacial score (nSPS) is 20.6. The van der Waals surface area contributed by atoms with Crippen LogP contribution in [0.1, 0.15) is 41.1 Å². The third-order valence-electron chi connectivity index (χ3n) is 7.12. The van der Waals surface area contributed by atoms with Gasteiger partial charge in [0.15, 0.2) is 0 Å². The van der Waals surface area contributed by atoms with Crippen molar-refractivity contribution in [2.24, 2.45) is 0 Å². The van der Waals surface area contributed by atoms with Crippen LogP contribution in [0.4, 0.5) is 0 Å². The van der Waals surface area contributed by atoms with Crippen molar-refractivity contribution in [3.63, 3.8) is 0 Å². The number of rotatable bonds is 4. The van der Waals surface area contributed by atoms with E-state index in [0.29, 0.717) is 0 Å². The number of hydrogen-bond acceptors (Lipinski definition) is 0. The molecule has 0 heterocycles. The average molecular weight is 613 g/mol. The summed E-state index contributed by atoms with van der Waals surface area (Å²) in [5.41, 5.74) is -7.00. The number of benzene rings is 9. The standard InChI is InChI=1S/C46H30/c1-2-10-31(11-3-1)34-18-22-35(23-19-34)45-41-16-8-9-17-42(41)46(40-25-21-33-13-5-7-15-37(33)29-40)44-30-39(26-27-43(44)45)38-24-20-32-12-4-6-14-36(32)28-38/h1-30H/i1D,2D,3D,4D,5D,6D,7D,8D,9D,10D,11D,12D,13D,14D,15D,16D,17D,18D,19D,20D,21D,22D,23D,24D,25D,26D,27D,28D,29D,30D. The molecule has 0 nitrogen and oxygen atoms in total. The van der Waals surface area contributed by atoms with E-state index in [4.69, 9.17) is 21.9 Å². The second-order valence-corrected chi connectivity index (χ2v) is 9.75. The molecule has 0 heteroatoms. The van der Waals surface area contributed by atoms with Gasteiger partial charge in [-0.25, -0.2) is 0 Å². The van der Waals surface area contributed by atoms with Crippen LogP contribution in [0.5, 0.6) is 0 Å². The van der Waals surface area contributed by atoms with Crippen molar-refractivity contribution in [1.82, 2.24) is 0 Å². The van der Waals surface area contributed by atoms with E-state index in [9.17, 15) is 19.2 Å². The summed E-state index contributed by atoms with van der Waals surface area (Å²) in [6, 6.07) is -29.8. The van der Waals surface area contributed by atoms with Gasteiger partial charge in [-0.1, -0.05) is 163 Å². The fraction of sp³-hybridized carbons (Fsp3) is 0. The molecular weight excluding hydrogens is 553 g/mol. The molecule has 46 heavy (non-hydrogen) atoms. The summed E-state index contributed by atoms with van der Waals surface area (Å²) in [5.74, 6) is 0. The molecular formula is C46H30. The first-order valence-corrected chi connectivity index (χ1v) is 13.5. The van der Waals surface area contributed by atoms with Crippen molar-refractivity contribution in [2.75, 3.05) is 0 Å². The Morgan fingerprint density at radius 2 is 0.652 bits per heavy atom. The van der Waals surface area contributed by atoms with Crippen LogP contribution in [0.25, 0.3) is 87.6 Å². The third kappa shape index (κ3) is 4.47. The highest BCUT2D eigenvalue weighted by molar-refractivity contribution is 6.22. The molecule has 9 rings (SSSR count). The fourth-order valence-corrected chi connectivity index (χ4v) is 5.09. The molecule has 214 valence electrons. The Bertz CT molecular complexity index is 4220. The molecule has 0 fully saturated rings. The Kier molecular flexibility index (Phi) is 2.37. The molecule has 0 saturated heterocycles. The second kappa shape index (κ2) is 10.9. The molecule has 0 unspecified atom stereocenters. The smallest absolute Gasteiger partial charge is 0.0622 e. The molecule has 9 aromatic carbocycles. The lowest BCUT2D eigenvalue weighted by Crippen LogP contribution is -1.92. The topological polar surface area (TPSA) is 0 Å². The Morgan fingerprint density at radius 3 is 1.33 bits per heavy atom. The van der Waals surface area contributed by atoms with Crippen molar-refractivity contribution in [3.05, 3.63) is 181 Å². The second-order valence-electron chi connectivity index (χ2n) is 9.75. The highest BCUT2D eigenvalue weighted by Crippen LogP contribution is 2.45. The molecule has 0 amide bonds. The molecule has 0 aromatic heterocycles. The fourth-order valence-electron chi connectivity index (χ4n) is 5.09. The SMILES string of the molecule is [2H]c1c([2H])c([2H])c(-c2c([2H])c([2H])c(-c3c4c([2H])c([2H])c([2H])c([2H])c4c(-c4c([2H])c([2H])c5c([2H])c([2H])c([2H])c([2H])c5c4[2H])c4c([2H])c(-c5c([2H])c([2H])c6c([2H])c([2H])c([2H])c([2H])c6c5[2H])c([2H])c([2H])c34)c([2H])c2[2H])c([2H])c1[2H]. The Morgan fingerprint density at radius 1 is 0.239 bits per heavy atom. The first-order chi connectivity index (χ1) is 35.3. The van der Waals surface area contributed by atoms with Crippen molar-refractivity contribution >= 4 is 43.1 Å². The average Bonchev–Trinajstić information content (AvgIpc) is 3.38. The van der Waals surface area contributed by atoms with Gasteiger partial charge in [-0.05, 0) is 106 Å². The van der Waals surface area contributed by atoms with Crippen molar-refractivity contribution in [3.8, 4) is 44.5 Å². The van der Waals surface area contributed by atoms with Crippen LogP contribution in [0.15, 0.2) is 181 Å². The molecule has 0 aliphatic carbocycles. The minimum absolute atomic E-state index is 0.614. The van der Waals surface area contributed by atoms with Gasteiger partial charge in [0.2, 0.25) is 0 Å². The first kappa shape index (κ1) is 10.0. The first-order valence-electron chi connectivity index (χ1n) is 28.5. The van der Waals surface area contributed by atoms with Gasteiger partial charge in [-0.3, -0.25) is 0 Å². The minimum Gasteiger partial charge on any atom is -0.0622 e. The Hall–Kier alpha value is -5.98. The van der Waals surface area contributed by atoms with Crippen LogP contribution in [0.2, 0.25) is 0 Å². The van der Waals surface area contributed by atoms with Gasteiger partial charge < -0.3 is 0 Å². The monoisotopic (exact) mass is 612 g/mol. The maximum atomic E-state index is 10.1.